The molecule has 22 heavy (non-hydrogen) atoms. The van der Waals surface area contributed by atoms with E-state index in [0.717, 1.165) is 32.1 Å². The average molecular weight is 303 g/mol. The minimum absolute atomic E-state index is 0.568. The fourth-order valence-corrected chi connectivity index (χ4v) is 3.80. The summed E-state index contributed by atoms with van der Waals surface area (Å²) >= 11 is 0. The Morgan fingerprint density at radius 1 is 1.23 bits per heavy atom. The van der Waals surface area contributed by atoms with Crippen LogP contribution in [0, 0.1) is 6.92 Å². The molecule has 1 atom stereocenters. The molecule has 4 nitrogen and oxygen atoms in total. The molecule has 0 bridgehead atoms. The molecular formula is C18H29N3O. The molecule has 0 saturated carbocycles. The van der Waals surface area contributed by atoms with Crippen molar-refractivity contribution in [3.63, 3.8) is 0 Å². The maximum atomic E-state index is 5.44. The van der Waals surface area contributed by atoms with Gasteiger partial charge in [-0.05, 0) is 56.5 Å². The van der Waals surface area contributed by atoms with Gasteiger partial charge in [0, 0.05) is 25.3 Å². The molecule has 122 valence electrons. The van der Waals surface area contributed by atoms with Gasteiger partial charge < -0.3 is 9.64 Å². The number of aryl methyl sites for hydroxylation is 1. The summed E-state index contributed by atoms with van der Waals surface area (Å²) in [6, 6.07) is 2.94. The third-order valence-corrected chi connectivity index (χ3v) is 4.89. The first kappa shape index (κ1) is 15.8. The third kappa shape index (κ3) is 3.44. The van der Waals surface area contributed by atoms with E-state index in [0.29, 0.717) is 6.04 Å². The number of hydrogen-bond donors (Lipinski definition) is 0. The van der Waals surface area contributed by atoms with Crippen molar-refractivity contribution < 1.29 is 4.74 Å². The molecule has 3 rings (SSSR count). The van der Waals surface area contributed by atoms with Crippen molar-refractivity contribution in [1.29, 1.82) is 0 Å². The van der Waals surface area contributed by atoms with Crippen LogP contribution in [-0.2, 0) is 4.74 Å². The van der Waals surface area contributed by atoms with E-state index in [-0.39, 0.29) is 0 Å². The first-order valence-corrected chi connectivity index (χ1v) is 8.83. The molecule has 2 aliphatic heterocycles. The number of nitrogens with zero attached hydrogens (tertiary/aromatic N) is 3. The molecule has 0 amide bonds. The van der Waals surface area contributed by atoms with E-state index in [1.54, 1.807) is 0 Å². The van der Waals surface area contributed by atoms with Gasteiger partial charge in [-0.1, -0.05) is 13.3 Å². The molecule has 3 heterocycles. The van der Waals surface area contributed by atoms with Gasteiger partial charge in [0.15, 0.2) is 0 Å². The Labute approximate surface area is 134 Å². The van der Waals surface area contributed by atoms with Gasteiger partial charge in [-0.15, -0.1) is 0 Å². The lowest BCUT2D eigenvalue weighted by molar-refractivity contribution is 0.122. The molecule has 0 N–H and O–H groups in total. The number of aromatic nitrogens is 1. The fraction of sp³-hybridized carbons (Fsp3) is 0.722. The van der Waals surface area contributed by atoms with E-state index >= 15 is 0 Å². The second-order valence-corrected chi connectivity index (χ2v) is 6.56. The first-order chi connectivity index (χ1) is 10.8. The topological polar surface area (TPSA) is 28.6 Å². The van der Waals surface area contributed by atoms with Crippen LogP contribution in [0.15, 0.2) is 12.3 Å². The summed E-state index contributed by atoms with van der Waals surface area (Å²) in [5.74, 6) is 1.14. The number of pyridine rings is 1. The van der Waals surface area contributed by atoms with Crippen molar-refractivity contribution in [3.8, 4) is 0 Å². The van der Waals surface area contributed by atoms with Crippen molar-refractivity contribution in [1.82, 2.24) is 9.88 Å². The van der Waals surface area contributed by atoms with Crippen molar-refractivity contribution in [2.24, 2.45) is 0 Å². The maximum absolute atomic E-state index is 5.44. The highest BCUT2D eigenvalue weighted by Crippen LogP contribution is 2.32. The van der Waals surface area contributed by atoms with Crippen LogP contribution < -0.4 is 4.90 Å². The van der Waals surface area contributed by atoms with Gasteiger partial charge in [0.2, 0.25) is 0 Å². The second-order valence-electron chi connectivity index (χ2n) is 6.56. The van der Waals surface area contributed by atoms with Crippen molar-refractivity contribution >= 4 is 5.82 Å². The van der Waals surface area contributed by atoms with E-state index in [4.69, 9.17) is 9.72 Å². The second kappa shape index (κ2) is 7.42. The number of likely N-dealkylation sites (tertiary alicyclic amines) is 1. The highest BCUT2D eigenvalue weighted by Gasteiger charge is 2.24. The summed E-state index contributed by atoms with van der Waals surface area (Å²) in [5.41, 5.74) is 2.71. The standard InChI is InChI=1S/C18H29N3O/c1-3-7-20-8-5-4-6-17(20)16-13-15(2)18(19-14-16)21-9-11-22-12-10-21/h13-14,17H,3-12H2,1-2H3/t17-/m0/s1. The lowest BCUT2D eigenvalue weighted by atomic mass is 9.95. The largest absolute Gasteiger partial charge is 0.378 e. The smallest absolute Gasteiger partial charge is 0.131 e. The Balaban J connectivity index is 1.78. The summed E-state index contributed by atoms with van der Waals surface area (Å²) in [4.78, 5) is 9.82. The molecule has 0 radical (unpaired) electrons. The lowest BCUT2D eigenvalue weighted by Gasteiger charge is -2.36. The minimum Gasteiger partial charge on any atom is -0.378 e. The third-order valence-electron chi connectivity index (χ3n) is 4.89. The number of morpholine rings is 1. The molecule has 1 aromatic heterocycles. The molecule has 2 saturated heterocycles. The lowest BCUT2D eigenvalue weighted by Crippen LogP contribution is -2.37. The van der Waals surface area contributed by atoms with Crippen molar-refractivity contribution in [3.05, 3.63) is 23.4 Å². The summed E-state index contributed by atoms with van der Waals surface area (Å²) in [7, 11) is 0. The van der Waals surface area contributed by atoms with E-state index < -0.39 is 0 Å². The van der Waals surface area contributed by atoms with E-state index in [2.05, 4.69) is 35.9 Å². The molecule has 0 unspecified atom stereocenters. The van der Waals surface area contributed by atoms with Crippen LogP contribution in [0.1, 0.15) is 49.8 Å². The number of rotatable bonds is 4. The molecule has 4 heteroatoms. The first-order valence-electron chi connectivity index (χ1n) is 8.83. The minimum atomic E-state index is 0.568. The summed E-state index contributed by atoms with van der Waals surface area (Å²) in [6.07, 6.45) is 7.31. The monoisotopic (exact) mass is 303 g/mol. The number of ether oxygens (including phenoxy) is 1. The number of piperidine rings is 1. The van der Waals surface area contributed by atoms with Crippen molar-refractivity contribution in [2.75, 3.05) is 44.3 Å². The van der Waals surface area contributed by atoms with Gasteiger partial charge in [-0.2, -0.15) is 0 Å². The van der Waals surface area contributed by atoms with E-state index in [1.165, 1.54) is 49.9 Å². The molecule has 0 aliphatic carbocycles. The van der Waals surface area contributed by atoms with Gasteiger partial charge in [-0.3, -0.25) is 4.90 Å². The zero-order chi connectivity index (χ0) is 15.4. The van der Waals surface area contributed by atoms with Crippen LogP contribution in [0.5, 0.6) is 0 Å². The quantitative estimate of drug-likeness (QED) is 0.854. The molecule has 0 aromatic carbocycles. The zero-order valence-corrected chi connectivity index (χ0v) is 14.1. The Morgan fingerprint density at radius 2 is 2.05 bits per heavy atom. The molecule has 2 aliphatic rings. The fourth-order valence-electron chi connectivity index (χ4n) is 3.80. The van der Waals surface area contributed by atoms with Crippen molar-refractivity contribution in [2.45, 2.75) is 45.6 Å². The number of hydrogen-bond acceptors (Lipinski definition) is 4. The SMILES string of the molecule is CCCN1CCCC[C@H]1c1cnc(N2CCOCC2)c(C)c1. The Hall–Kier alpha value is -1.13. The van der Waals surface area contributed by atoms with Crippen LogP contribution in [0.4, 0.5) is 5.82 Å². The van der Waals surface area contributed by atoms with Crippen LogP contribution in [0.3, 0.4) is 0 Å². The Bertz CT molecular complexity index is 483. The van der Waals surface area contributed by atoms with Gasteiger partial charge >= 0.3 is 0 Å². The highest BCUT2D eigenvalue weighted by atomic mass is 16.5. The summed E-state index contributed by atoms with van der Waals surface area (Å²) < 4.78 is 5.44. The van der Waals surface area contributed by atoms with Gasteiger partial charge in [0.05, 0.1) is 13.2 Å². The predicted octanol–water partition coefficient (Wildman–Crippen LogP) is 3.16. The van der Waals surface area contributed by atoms with Gasteiger partial charge in [0.25, 0.3) is 0 Å². The zero-order valence-electron chi connectivity index (χ0n) is 14.1. The Morgan fingerprint density at radius 3 is 2.77 bits per heavy atom. The summed E-state index contributed by atoms with van der Waals surface area (Å²) in [6.45, 7) is 10.5. The predicted molar refractivity (Wildman–Crippen MR) is 90.5 cm³/mol. The van der Waals surface area contributed by atoms with Crippen LogP contribution in [-0.4, -0.2) is 49.3 Å². The van der Waals surface area contributed by atoms with Gasteiger partial charge in [0.1, 0.15) is 5.82 Å². The average Bonchev–Trinajstić information content (AvgIpc) is 2.56. The van der Waals surface area contributed by atoms with Crippen LogP contribution >= 0.6 is 0 Å². The van der Waals surface area contributed by atoms with Gasteiger partial charge in [-0.25, -0.2) is 4.98 Å². The normalized spacial score (nSPS) is 23.7. The van der Waals surface area contributed by atoms with Crippen LogP contribution in [0.2, 0.25) is 0 Å². The van der Waals surface area contributed by atoms with E-state index in [1.807, 2.05) is 0 Å². The molecule has 0 spiro atoms. The van der Waals surface area contributed by atoms with E-state index in [9.17, 15) is 0 Å². The molecule has 2 fully saturated rings. The molecule has 1 aromatic rings. The molecular weight excluding hydrogens is 274 g/mol. The highest BCUT2D eigenvalue weighted by molar-refractivity contribution is 5.48. The summed E-state index contributed by atoms with van der Waals surface area (Å²) in [5, 5.41) is 0. The number of anilines is 1. The Kier molecular flexibility index (Phi) is 5.32. The maximum Gasteiger partial charge on any atom is 0.131 e. The van der Waals surface area contributed by atoms with Crippen LogP contribution in [0.25, 0.3) is 0 Å².